The molecule has 1 aromatic rings. The van der Waals surface area contributed by atoms with Crippen molar-refractivity contribution in [2.45, 2.75) is 31.1 Å². The van der Waals surface area contributed by atoms with Crippen molar-refractivity contribution in [3.8, 4) is 0 Å². The van der Waals surface area contributed by atoms with Gasteiger partial charge in [-0.3, -0.25) is 0 Å². The first-order valence-electron chi connectivity index (χ1n) is 4.70. The Bertz CT molecular complexity index is 287. The van der Waals surface area contributed by atoms with E-state index in [1.807, 2.05) is 11.3 Å². The molecule has 0 aromatic carbocycles. The van der Waals surface area contributed by atoms with Gasteiger partial charge >= 0.3 is 0 Å². The summed E-state index contributed by atoms with van der Waals surface area (Å²) >= 11 is 7.91. The van der Waals surface area contributed by atoms with Crippen LogP contribution in [0.2, 0.25) is 0 Å². The summed E-state index contributed by atoms with van der Waals surface area (Å²) in [4.78, 5) is 1.46. The summed E-state index contributed by atoms with van der Waals surface area (Å²) in [6, 6.07) is 4.31. The minimum atomic E-state index is 0.281. The number of thiophene rings is 1. The van der Waals surface area contributed by atoms with E-state index in [-0.39, 0.29) is 5.38 Å². The first-order valence-corrected chi connectivity index (χ1v) is 6.02. The maximum Gasteiger partial charge on any atom is 0.0518 e. The van der Waals surface area contributed by atoms with Crippen molar-refractivity contribution in [2.24, 2.45) is 0 Å². The second-order valence-electron chi connectivity index (χ2n) is 3.49. The van der Waals surface area contributed by atoms with Gasteiger partial charge in [0.25, 0.3) is 0 Å². The molecule has 1 aliphatic carbocycles. The van der Waals surface area contributed by atoms with Crippen molar-refractivity contribution in [2.75, 3.05) is 0 Å². The van der Waals surface area contributed by atoms with Gasteiger partial charge in [0.15, 0.2) is 0 Å². The Hall–Kier alpha value is -0.270. The fraction of sp³-hybridized carbons (Fsp3) is 0.455. The Balaban J connectivity index is 2.02. The van der Waals surface area contributed by atoms with Gasteiger partial charge in [0, 0.05) is 11.3 Å². The zero-order valence-corrected chi connectivity index (χ0v) is 9.07. The molecule has 0 N–H and O–H groups in total. The van der Waals surface area contributed by atoms with E-state index in [0.717, 1.165) is 12.8 Å². The van der Waals surface area contributed by atoms with Gasteiger partial charge < -0.3 is 0 Å². The number of alkyl halides is 1. The number of hydrogen-bond donors (Lipinski definition) is 0. The van der Waals surface area contributed by atoms with E-state index < -0.39 is 0 Å². The van der Waals surface area contributed by atoms with Gasteiger partial charge in [-0.1, -0.05) is 17.7 Å². The molecule has 1 aromatic heterocycles. The summed E-state index contributed by atoms with van der Waals surface area (Å²) in [5.41, 5.74) is 1.52. The fourth-order valence-corrected chi connectivity index (χ4v) is 2.82. The van der Waals surface area contributed by atoms with Crippen LogP contribution in [0, 0.1) is 0 Å². The van der Waals surface area contributed by atoms with Gasteiger partial charge in [-0.2, -0.15) is 0 Å². The molecule has 0 nitrogen and oxygen atoms in total. The van der Waals surface area contributed by atoms with Crippen LogP contribution in [0.4, 0.5) is 0 Å². The van der Waals surface area contributed by atoms with Gasteiger partial charge in [-0.15, -0.1) is 22.9 Å². The molecule has 0 saturated heterocycles. The van der Waals surface area contributed by atoms with E-state index in [9.17, 15) is 0 Å². The second-order valence-corrected chi connectivity index (χ2v) is 5.08. The third-order valence-electron chi connectivity index (χ3n) is 2.38. The Kier molecular flexibility index (Phi) is 3.07. The Labute approximate surface area is 88.2 Å². The zero-order valence-electron chi connectivity index (χ0n) is 7.50. The van der Waals surface area contributed by atoms with Gasteiger partial charge in [0.1, 0.15) is 0 Å². The topological polar surface area (TPSA) is 0 Å². The normalized spacial score (nSPS) is 22.8. The average molecular weight is 213 g/mol. The molecule has 0 spiro atoms. The van der Waals surface area contributed by atoms with E-state index in [1.165, 1.54) is 23.3 Å². The molecule has 0 aliphatic heterocycles. The van der Waals surface area contributed by atoms with E-state index in [4.69, 9.17) is 11.6 Å². The van der Waals surface area contributed by atoms with Crippen molar-refractivity contribution in [1.82, 2.24) is 0 Å². The summed E-state index contributed by atoms with van der Waals surface area (Å²) in [7, 11) is 0. The number of halogens is 1. The molecule has 1 unspecified atom stereocenters. The summed E-state index contributed by atoms with van der Waals surface area (Å²) in [6.07, 6.45) is 6.99. The number of allylic oxidation sites excluding steroid dienone is 2. The van der Waals surface area contributed by atoms with Crippen molar-refractivity contribution in [1.29, 1.82) is 0 Å². The van der Waals surface area contributed by atoms with E-state index in [1.54, 1.807) is 0 Å². The lowest BCUT2D eigenvalue weighted by Gasteiger charge is -2.15. The smallest absolute Gasteiger partial charge is 0.0518 e. The third kappa shape index (κ3) is 2.58. The zero-order chi connectivity index (χ0) is 9.10. The monoisotopic (exact) mass is 212 g/mol. The molecular formula is C11H13ClS. The van der Waals surface area contributed by atoms with Crippen LogP contribution in [0.3, 0.4) is 0 Å². The highest BCUT2D eigenvalue weighted by atomic mass is 35.5. The minimum Gasteiger partial charge on any atom is -0.149 e. The van der Waals surface area contributed by atoms with E-state index in [2.05, 4.69) is 23.6 Å². The van der Waals surface area contributed by atoms with Crippen molar-refractivity contribution >= 4 is 22.9 Å². The Morgan fingerprint density at radius 1 is 1.54 bits per heavy atom. The van der Waals surface area contributed by atoms with Crippen LogP contribution in [0.25, 0.3) is 0 Å². The first kappa shape index (κ1) is 9.29. The maximum absolute atomic E-state index is 6.08. The van der Waals surface area contributed by atoms with Crippen LogP contribution in [0.15, 0.2) is 29.2 Å². The van der Waals surface area contributed by atoms with Gasteiger partial charge in [-0.05, 0) is 30.7 Å². The quantitative estimate of drug-likeness (QED) is 0.514. The standard InChI is InChI=1S/C11H13ClS/c12-10-4-1-3-9(7-10)8-11-5-2-6-13-11/h2,5-7,10H,1,3-4,8H2. The van der Waals surface area contributed by atoms with E-state index >= 15 is 0 Å². The van der Waals surface area contributed by atoms with Crippen molar-refractivity contribution < 1.29 is 0 Å². The summed E-state index contributed by atoms with van der Waals surface area (Å²) in [6.45, 7) is 0. The lowest BCUT2D eigenvalue weighted by molar-refractivity contribution is 0.695. The van der Waals surface area contributed by atoms with Crippen molar-refractivity contribution in [3.63, 3.8) is 0 Å². The number of rotatable bonds is 2. The molecular weight excluding hydrogens is 200 g/mol. The fourth-order valence-electron chi connectivity index (χ4n) is 1.73. The molecule has 70 valence electrons. The molecule has 0 fully saturated rings. The van der Waals surface area contributed by atoms with Gasteiger partial charge in [0.2, 0.25) is 0 Å². The van der Waals surface area contributed by atoms with Crippen LogP contribution >= 0.6 is 22.9 Å². The molecule has 1 aliphatic rings. The molecule has 0 saturated carbocycles. The summed E-state index contributed by atoms with van der Waals surface area (Å²) in [5.74, 6) is 0. The predicted molar refractivity (Wildman–Crippen MR) is 59.6 cm³/mol. The average Bonchev–Trinajstić information content (AvgIpc) is 2.57. The molecule has 0 radical (unpaired) electrons. The highest BCUT2D eigenvalue weighted by Gasteiger charge is 2.11. The molecule has 1 atom stereocenters. The van der Waals surface area contributed by atoms with Crippen LogP contribution < -0.4 is 0 Å². The molecule has 13 heavy (non-hydrogen) atoms. The first-order chi connectivity index (χ1) is 6.34. The predicted octanol–water partition coefficient (Wildman–Crippen LogP) is 4.01. The number of hydrogen-bond acceptors (Lipinski definition) is 1. The largest absolute Gasteiger partial charge is 0.149 e. The van der Waals surface area contributed by atoms with Gasteiger partial charge in [-0.25, -0.2) is 0 Å². The van der Waals surface area contributed by atoms with Gasteiger partial charge in [0.05, 0.1) is 5.38 Å². The molecule has 2 rings (SSSR count). The van der Waals surface area contributed by atoms with Crippen LogP contribution in [-0.4, -0.2) is 5.38 Å². The van der Waals surface area contributed by atoms with E-state index in [0.29, 0.717) is 0 Å². The minimum absolute atomic E-state index is 0.281. The highest BCUT2D eigenvalue weighted by Crippen LogP contribution is 2.25. The second kappa shape index (κ2) is 4.30. The summed E-state index contributed by atoms with van der Waals surface area (Å²) in [5, 5.41) is 2.42. The molecule has 1 heterocycles. The molecule has 0 amide bonds. The van der Waals surface area contributed by atoms with Crippen LogP contribution in [0.5, 0.6) is 0 Å². The Morgan fingerprint density at radius 2 is 2.46 bits per heavy atom. The molecule has 2 heteroatoms. The maximum atomic E-state index is 6.08. The highest BCUT2D eigenvalue weighted by molar-refractivity contribution is 7.09. The lowest BCUT2D eigenvalue weighted by Crippen LogP contribution is -2.04. The summed E-state index contributed by atoms with van der Waals surface area (Å²) < 4.78 is 0. The third-order valence-corrected chi connectivity index (χ3v) is 3.60. The lowest BCUT2D eigenvalue weighted by atomic mass is 9.96. The van der Waals surface area contributed by atoms with Crippen LogP contribution in [-0.2, 0) is 6.42 Å². The SMILES string of the molecule is ClC1C=C(Cc2cccs2)CCC1. The molecule has 0 bridgehead atoms. The van der Waals surface area contributed by atoms with Crippen molar-refractivity contribution in [3.05, 3.63) is 34.0 Å². The van der Waals surface area contributed by atoms with Crippen LogP contribution in [0.1, 0.15) is 24.1 Å². The Morgan fingerprint density at radius 3 is 3.15 bits per heavy atom.